The van der Waals surface area contributed by atoms with Crippen LogP contribution in [-0.4, -0.2) is 29.6 Å². The molecule has 2 rings (SSSR count). The van der Waals surface area contributed by atoms with E-state index in [0.717, 1.165) is 0 Å². The minimum Gasteiger partial charge on any atom is -0.493 e. The van der Waals surface area contributed by atoms with Crippen molar-refractivity contribution >= 4 is 22.8 Å². The Balaban J connectivity index is 2.17. The summed E-state index contributed by atoms with van der Waals surface area (Å²) in [7, 11) is 0. The van der Waals surface area contributed by atoms with E-state index in [2.05, 4.69) is 5.32 Å². The number of ether oxygens (including phenoxy) is 1. The lowest BCUT2D eigenvalue weighted by Gasteiger charge is -2.09. The standard InChI is InChI=1S/C17H19NO6/c1-10(2)18-16(21)13-8-11-5-6-12(9-14(11)24-17(13)22)23-7-3-4-15(19)20/h5-6,8-10H,3-4,7H2,1-2H3,(H,18,21)(H,19,20). The molecule has 0 radical (unpaired) electrons. The van der Waals surface area contributed by atoms with Gasteiger partial charge in [0.2, 0.25) is 0 Å². The van der Waals surface area contributed by atoms with E-state index in [0.29, 0.717) is 23.1 Å². The van der Waals surface area contributed by atoms with Crippen molar-refractivity contribution < 1.29 is 23.8 Å². The van der Waals surface area contributed by atoms with Crippen molar-refractivity contribution in [1.82, 2.24) is 5.32 Å². The second kappa shape index (κ2) is 7.63. The maximum absolute atomic E-state index is 12.0. The molecule has 0 saturated heterocycles. The number of carbonyl (C=O) groups is 2. The molecule has 1 aromatic heterocycles. The zero-order valence-electron chi connectivity index (χ0n) is 13.5. The summed E-state index contributed by atoms with van der Waals surface area (Å²) in [4.78, 5) is 34.4. The van der Waals surface area contributed by atoms with E-state index in [1.807, 2.05) is 0 Å². The summed E-state index contributed by atoms with van der Waals surface area (Å²) in [6.07, 6.45) is 0.405. The van der Waals surface area contributed by atoms with E-state index in [1.165, 1.54) is 6.07 Å². The summed E-state index contributed by atoms with van der Waals surface area (Å²) in [6, 6.07) is 6.29. The molecule has 2 N–H and O–H groups in total. The predicted molar refractivity (Wildman–Crippen MR) is 87.5 cm³/mol. The van der Waals surface area contributed by atoms with Crippen LogP contribution in [0.25, 0.3) is 11.0 Å². The fraction of sp³-hybridized carbons (Fsp3) is 0.353. The van der Waals surface area contributed by atoms with Gasteiger partial charge in [0.25, 0.3) is 5.91 Å². The number of fused-ring (bicyclic) bond motifs is 1. The van der Waals surface area contributed by atoms with Crippen LogP contribution >= 0.6 is 0 Å². The van der Waals surface area contributed by atoms with Crippen molar-refractivity contribution in [3.8, 4) is 5.75 Å². The summed E-state index contributed by atoms with van der Waals surface area (Å²) in [5.41, 5.74) is -0.466. The molecule has 0 spiro atoms. The van der Waals surface area contributed by atoms with Crippen molar-refractivity contribution in [2.75, 3.05) is 6.61 Å². The van der Waals surface area contributed by atoms with Gasteiger partial charge in [-0.1, -0.05) is 0 Å². The van der Waals surface area contributed by atoms with Crippen LogP contribution in [0.4, 0.5) is 0 Å². The smallest absolute Gasteiger partial charge is 0.349 e. The number of benzene rings is 1. The molecule has 24 heavy (non-hydrogen) atoms. The van der Waals surface area contributed by atoms with Gasteiger partial charge in [0.1, 0.15) is 16.9 Å². The average Bonchev–Trinajstić information content (AvgIpc) is 2.49. The van der Waals surface area contributed by atoms with Crippen molar-refractivity contribution in [3.05, 3.63) is 40.2 Å². The summed E-state index contributed by atoms with van der Waals surface area (Å²) in [6.45, 7) is 3.85. The summed E-state index contributed by atoms with van der Waals surface area (Å²) in [5.74, 6) is -0.889. The number of aliphatic carboxylic acids is 1. The van der Waals surface area contributed by atoms with Gasteiger partial charge < -0.3 is 19.6 Å². The van der Waals surface area contributed by atoms with Crippen LogP contribution in [0.5, 0.6) is 5.75 Å². The fourth-order valence-electron chi connectivity index (χ4n) is 2.09. The molecule has 128 valence electrons. The highest BCUT2D eigenvalue weighted by Crippen LogP contribution is 2.21. The van der Waals surface area contributed by atoms with Crippen LogP contribution in [0.15, 0.2) is 33.5 Å². The summed E-state index contributed by atoms with van der Waals surface area (Å²) < 4.78 is 10.6. The highest BCUT2D eigenvalue weighted by molar-refractivity contribution is 5.96. The summed E-state index contributed by atoms with van der Waals surface area (Å²) >= 11 is 0. The van der Waals surface area contributed by atoms with Crippen molar-refractivity contribution in [2.45, 2.75) is 32.7 Å². The molecule has 0 atom stereocenters. The third kappa shape index (κ3) is 4.58. The quantitative estimate of drug-likeness (QED) is 0.594. The molecule has 0 aliphatic carbocycles. The normalized spacial score (nSPS) is 10.8. The Labute approximate surface area is 138 Å². The molecule has 1 amide bonds. The van der Waals surface area contributed by atoms with Gasteiger partial charge in [0.15, 0.2) is 0 Å². The zero-order chi connectivity index (χ0) is 17.7. The van der Waals surface area contributed by atoms with Crippen molar-refractivity contribution in [3.63, 3.8) is 0 Å². The highest BCUT2D eigenvalue weighted by Gasteiger charge is 2.14. The van der Waals surface area contributed by atoms with Crippen LogP contribution in [0.3, 0.4) is 0 Å². The Bertz CT molecular complexity index is 808. The molecule has 0 aliphatic rings. The third-order valence-corrected chi connectivity index (χ3v) is 3.18. The molecule has 0 saturated carbocycles. The van der Waals surface area contributed by atoms with E-state index in [4.69, 9.17) is 14.3 Å². The number of rotatable bonds is 7. The van der Waals surface area contributed by atoms with Crippen molar-refractivity contribution in [2.24, 2.45) is 0 Å². The van der Waals surface area contributed by atoms with E-state index < -0.39 is 17.5 Å². The lowest BCUT2D eigenvalue weighted by atomic mass is 10.1. The molecule has 7 nitrogen and oxygen atoms in total. The first-order chi connectivity index (χ1) is 11.4. The van der Waals surface area contributed by atoms with Crippen LogP contribution in [0.2, 0.25) is 0 Å². The van der Waals surface area contributed by atoms with Crippen LogP contribution < -0.4 is 15.7 Å². The van der Waals surface area contributed by atoms with Gasteiger partial charge in [-0.25, -0.2) is 4.79 Å². The highest BCUT2D eigenvalue weighted by atomic mass is 16.5. The number of nitrogens with one attached hydrogen (secondary N) is 1. The minimum atomic E-state index is -0.879. The second-order valence-electron chi connectivity index (χ2n) is 5.62. The Hall–Kier alpha value is -2.83. The van der Waals surface area contributed by atoms with E-state index >= 15 is 0 Å². The Morgan fingerprint density at radius 3 is 2.71 bits per heavy atom. The Kier molecular flexibility index (Phi) is 5.57. The Morgan fingerprint density at radius 1 is 1.29 bits per heavy atom. The van der Waals surface area contributed by atoms with Gasteiger partial charge in [0, 0.05) is 23.9 Å². The molecule has 0 fully saturated rings. The van der Waals surface area contributed by atoms with Gasteiger partial charge in [-0.2, -0.15) is 0 Å². The van der Waals surface area contributed by atoms with Gasteiger partial charge in [-0.15, -0.1) is 0 Å². The monoisotopic (exact) mass is 333 g/mol. The lowest BCUT2D eigenvalue weighted by Crippen LogP contribution is -2.33. The minimum absolute atomic E-state index is 0.0248. The first-order valence-corrected chi connectivity index (χ1v) is 7.60. The van der Waals surface area contributed by atoms with Crippen molar-refractivity contribution in [1.29, 1.82) is 0 Å². The maximum atomic E-state index is 12.0. The van der Waals surface area contributed by atoms with Gasteiger partial charge in [-0.3, -0.25) is 9.59 Å². The lowest BCUT2D eigenvalue weighted by molar-refractivity contribution is -0.137. The predicted octanol–water partition coefficient (Wildman–Crippen LogP) is 2.17. The second-order valence-corrected chi connectivity index (χ2v) is 5.62. The van der Waals surface area contributed by atoms with Gasteiger partial charge in [-0.05, 0) is 38.5 Å². The molecule has 0 unspecified atom stereocenters. The van der Waals surface area contributed by atoms with E-state index in [-0.39, 0.29) is 24.6 Å². The first-order valence-electron chi connectivity index (χ1n) is 7.60. The molecule has 1 heterocycles. The van der Waals surface area contributed by atoms with Gasteiger partial charge >= 0.3 is 11.6 Å². The number of amides is 1. The molecule has 1 aromatic carbocycles. The zero-order valence-corrected chi connectivity index (χ0v) is 13.5. The molecular weight excluding hydrogens is 314 g/mol. The number of carboxylic acid groups (broad SMARTS) is 1. The van der Waals surface area contributed by atoms with E-state index in [9.17, 15) is 14.4 Å². The number of carbonyl (C=O) groups excluding carboxylic acids is 1. The number of carboxylic acids is 1. The molecule has 0 aliphatic heterocycles. The molecule has 2 aromatic rings. The molecular formula is C17H19NO6. The SMILES string of the molecule is CC(C)NC(=O)c1cc2ccc(OCCCC(=O)O)cc2oc1=O. The third-order valence-electron chi connectivity index (χ3n) is 3.18. The van der Waals surface area contributed by atoms with Crippen LogP contribution in [-0.2, 0) is 4.79 Å². The summed E-state index contributed by atoms with van der Waals surface area (Å²) in [5, 5.41) is 11.8. The largest absolute Gasteiger partial charge is 0.493 e. The molecule has 7 heteroatoms. The number of hydrogen-bond donors (Lipinski definition) is 2. The Morgan fingerprint density at radius 2 is 2.04 bits per heavy atom. The maximum Gasteiger partial charge on any atom is 0.349 e. The molecule has 0 bridgehead atoms. The fourth-order valence-corrected chi connectivity index (χ4v) is 2.09. The average molecular weight is 333 g/mol. The number of hydrogen-bond acceptors (Lipinski definition) is 5. The van der Waals surface area contributed by atoms with Crippen LogP contribution in [0, 0.1) is 0 Å². The topological polar surface area (TPSA) is 106 Å². The first kappa shape index (κ1) is 17.5. The van der Waals surface area contributed by atoms with E-state index in [1.54, 1.807) is 32.0 Å². The van der Waals surface area contributed by atoms with Gasteiger partial charge in [0.05, 0.1) is 6.61 Å². The van der Waals surface area contributed by atoms with Crippen LogP contribution in [0.1, 0.15) is 37.0 Å².